The zero-order valence-corrected chi connectivity index (χ0v) is 14.9. The molecule has 0 saturated heterocycles. The summed E-state index contributed by atoms with van der Waals surface area (Å²) in [6, 6.07) is 5.37. The van der Waals surface area contributed by atoms with Gasteiger partial charge in [0.25, 0.3) is 0 Å². The molecule has 1 aliphatic carbocycles. The van der Waals surface area contributed by atoms with E-state index in [1.807, 2.05) is 29.9 Å². The van der Waals surface area contributed by atoms with Crippen LogP contribution in [0, 0.1) is 0 Å². The molecule has 0 saturated carbocycles. The van der Waals surface area contributed by atoms with E-state index in [9.17, 15) is 4.79 Å². The fourth-order valence-electron chi connectivity index (χ4n) is 3.21. The lowest BCUT2D eigenvalue weighted by Gasteiger charge is -2.11. The molecule has 1 aliphatic rings. The number of urea groups is 1. The maximum atomic E-state index is 12.1. The number of hydrogen-bond donors (Lipinski definition) is 2. The molecular formula is C18H24N4O3. The Labute approximate surface area is 147 Å². The number of hydrogen-bond acceptors (Lipinski definition) is 4. The second-order valence-electron chi connectivity index (χ2n) is 6.07. The molecule has 0 aliphatic heterocycles. The number of aryl methyl sites for hydroxylation is 2. The molecule has 1 heterocycles. The predicted molar refractivity (Wildman–Crippen MR) is 93.9 cm³/mol. The van der Waals surface area contributed by atoms with Crippen molar-refractivity contribution >= 4 is 6.03 Å². The fourth-order valence-corrected chi connectivity index (χ4v) is 3.21. The number of carbonyl (C=O) groups excluding carboxylic acids is 1. The summed E-state index contributed by atoms with van der Waals surface area (Å²) < 4.78 is 12.4. The van der Waals surface area contributed by atoms with Gasteiger partial charge in [-0.15, -0.1) is 0 Å². The maximum Gasteiger partial charge on any atom is 0.315 e. The van der Waals surface area contributed by atoms with E-state index in [0.717, 1.165) is 30.5 Å². The summed E-state index contributed by atoms with van der Waals surface area (Å²) in [5.74, 6) is 1.31. The van der Waals surface area contributed by atoms with Crippen LogP contribution in [-0.4, -0.2) is 30.0 Å². The van der Waals surface area contributed by atoms with E-state index in [1.165, 1.54) is 11.3 Å². The van der Waals surface area contributed by atoms with Gasteiger partial charge < -0.3 is 20.1 Å². The highest BCUT2D eigenvalue weighted by molar-refractivity contribution is 5.73. The number of ether oxygens (including phenoxy) is 2. The first-order valence-electron chi connectivity index (χ1n) is 8.38. The number of benzene rings is 1. The van der Waals surface area contributed by atoms with Gasteiger partial charge in [0.15, 0.2) is 11.5 Å². The molecule has 0 unspecified atom stereocenters. The molecule has 1 aromatic heterocycles. The molecular weight excluding hydrogens is 320 g/mol. The minimum Gasteiger partial charge on any atom is -0.493 e. The Morgan fingerprint density at radius 3 is 2.68 bits per heavy atom. The molecule has 134 valence electrons. The van der Waals surface area contributed by atoms with Gasteiger partial charge in [-0.25, -0.2) is 4.79 Å². The van der Waals surface area contributed by atoms with Gasteiger partial charge in [0.05, 0.1) is 32.2 Å². The van der Waals surface area contributed by atoms with E-state index >= 15 is 0 Å². The summed E-state index contributed by atoms with van der Waals surface area (Å²) in [4.78, 5) is 12.1. The first-order valence-corrected chi connectivity index (χ1v) is 8.38. The van der Waals surface area contributed by atoms with E-state index in [-0.39, 0.29) is 6.03 Å². The minimum absolute atomic E-state index is 0.206. The van der Waals surface area contributed by atoms with Crippen molar-refractivity contribution in [1.29, 1.82) is 0 Å². The lowest BCUT2D eigenvalue weighted by Crippen LogP contribution is -2.35. The largest absolute Gasteiger partial charge is 0.493 e. The maximum absolute atomic E-state index is 12.1. The summed E-state index contributed by atoms with van der Waals surface area (Å²) in [7, 11) is 5.11. The quantitative estimate of drug-likeness (QED) is 0.839. The normalized spacial score (nSPS) is 12.6. The van der Waals surface area contributed by atoms with Gasteiger partial charge in [-0.3, -0.25) is 4.68 Å². The lowest BCUT2D eigenvalue weighted by atomic mass is 10.2. The van der Waals surface area contributed by atoms with Gasteiger partial charge in [-0.2, -0.15) is 5.10 Å². The molecule has 1 aromatic carbocycles. The number of rotatable bonds is 6. The molecule has 3 rings (SSSR count). The summed E-state index contributed by atoms with van der Waals surface area (Å²) in [5, 5.41) is 10.3. The van der Waals surface area contributed by atoms with Crippen LogP contribution >= 0.6 is 0 Å². The molecule has 2 aromatic rings. The van der Waals surface area contributed by atoms with Crippen LogP contribution in [0.25, 0.3) is 0 Å². The number of fused-ring (bicyclic) bond motifs is 1. The van der Waals surface area contributed by atoms with Crippen LogP contribution in [-0.2, 0) is 33.0 Å². The highest BCUT2D eigenvalue weighted by Gasteiger charge is 2.20. The first-order chi connectivity index (χ1) is 12.1. The van der Waals surface area contributed by atoms with Gasteiger partial charge in [0.1, 0.15) is 0 Å². The minimum atomic E-state index is -0.206. The molecule has 0 radical (unpaired) electrons. The zero-order chi connectivity index (χ0) is 17.8. The third kappa shape index (κ3) is 3.70. The zero-order valence-electron chi connectivity index (χ0n) is 14.9. The van der Waals surface area contributed by atoms with E-state index in [4.69, 9.17) is 9.47 Å². The van der Waals surface area contributed by atoms with Crippen molar-refractivity contribution in [2.45, 2.75) is 32.4 Å². The van der Waals surface area contributed by atoms with Gasteiger partial charge in [0, 0.05) is 13.6 Å². The van der Waals surface area contributed by atoms with Crippen LogP contribution in [0.5, 0.6) is 11.5 Å². The van der Waals surface area contributed by atoms with Crippen LogP contribution in [0.2, 0.25) is 0 Å². The summed E-state index contributed by atoms with van der Waals surface area (Å²) in [6.07, 6.45) is 3.24. The Bertz CT molecular complexity index is 770. The Balaban J connectivity index is 1.54. The molecule has 0 spiro atoms. The Hall–Kier alpha value is -2.70. The highest BCUT2D eigenvalue weighted by Crippen LogP contribution is 2.27. The molecule has 0 fully saturated rings. The standard InChI is InChI=1S/C18H24N4O3/c1-22-15(13-5-4-6-14(13)21-22)11-20-18(23)19-10-12-7-8-16(24-2)17(9-12)25-3/h7-9H,4-6,10-11H2,1-3H3,(H2,19,20,23). The monoisotopic (exact) mass is 344 g/mol. The third-order valence-corrected chi connectivity index (χ3v) is 4.52. The lowest BCUT2D eigenvalue weighted by molar-refractivity contribution is 0.240. The van der Waals surface area contributed by atoms with Crippen LogP contribution in [0.1, 0.15) is 28.9 Å². The number of nitrogens with one attached hydrogen (secondary N) is 2. The first kappa shape index (κ1) is 17.1. The van der Waals surface area contributed by atoms with E-state index in [2.05, 4.69) is 15.7 Å². The average molecular weight is 344 g/mol. The average Bonchev–Trinajstić information content (AvgIpc) is 3.18. The van der Waals surface area contributed by atoms with Crippen molar-refractivity contribution in [3.63, 3.8) is 0 Å². The van der Waals surface area contributed by atoms with Gasteiger partial charge in [0.2, 0.25) is 0 Å². The van der Waals surface area contributed by atoms with Crippen LogP contribution < -0.4 is 20.1 Å². The Morgan fingerprint density at radius 2 is 1.92 bits per heavy atom. The van der Waals surface area contributed by atoms with Crippen LogP contribution in [0.3, 0.4) is 0 Å². The van der Waals surface area contributed by atoms with Gasteiger partial charge in [-0.1, -0.05) is 6.07 Å². The Morgan fingerprint density at radius 1 is 1.16 bits per heavy atom. The van der Waals surface area contributed by atoms with Crippen LogP contribution in [0.4, 0.5) is 4.79 Å². The Kier molecular flexibility index (Phi) is 5.11. The van der Waals surface area contributed by atoms with Gasteiger partial charge >= 0.3 is 6.03 Å². The van der Waals surface area contributed by atoms with E-state index in [1.54, 1.807) is 14.2 Å². The molecule has 25 heavy (non-hydrogen) atoms. The number of nitrogens with zero attached hydrogens (tertiary/aromatic N) is 2. The van der Waals surface area contributed by atoms with Gasteiger partial charge in [-0.05, 0) is 42.5 Å². The summed E-state index contributed by atoms with van der Waals surface area (Å²) in [6.45, 7) is 0.895. The van der Waals surface area contributed by atoms with Crippen molar-refractivity contribution in [3.8, 4) is 11.5 Å². The second kappa shape index (κ2) is 7.46. The van der Waals surface area contributed by atoms with Crippen molar-refractivity contribution < 1.29 is 14.3 Å². The third-order valence-electron chi connectivity index (χ3n) is 4.52. The number of aromatic nitrogens is 2. The topological polar surface area (TPSA) is 77.4 Å². The van der Waals surface area contributed by atoms with Crippen molar-refractivity contribution in [3.05, 3.63) is 40.7 Å². The molecule has 2 N–H and O–H groups in total. The van der Waals surface area contributed by atoms with Crippen molar-refractivity contribution in [2.24, 2.45) is 7.05 Å². The highest BCUT2D eigenvalue weighted by atomic mass is 16.5. The second-order valence-corrected chi connectivity index (χ2v) is 6.07. The number of carbonyl (C=O) groups is 1. The fraction of sp³-hybridized carbons (Fsp3) is 0.444. The number of methoxy groups -OCH3 is 2. The molecule has 0 atom stereocenters. The van der Waals surface area contributed by atoms with E-state index < -0.39 is 0 Å². The van der Waals surface area contributed by atoms with Crippen molar-refractivity contribution in [1.82, 2.24) is 20.4 Å². The summed E-state index contributed by atoms with van der Waals surface area (Å²) >= 11 is 0. The summed E-state index contributed by atoms with van der Waals surface area (Å²) in [5.41, 5.74) is 4.50. The predicted octanol–water partition coefficient (Wildman–Crippen LogP) is 1.93. The SMILES string of the molecule is COc1ccc(CNC(=O)NCc2c3c(nn2C)CCC3)cc1OC. The van der Waals surface area contributed by atoms with Crippen molar-refractivity contribution in [2.75, 3.05) is 14.2 Å². The number of amides is 2. The molecule has 0 bridgehead atoms. The molecule has 7 nitrogen and oxygen atoms in total. The molecule has 7 heteroatoms. The van der Waals surface area contributed by atoms with Crippen LogP contribution in [0.15, 0.2) is 18.2 Å². The smallest absolute Gasteiger partial charge is 0.315 e. The van der Waals surface area contributed by atoms with E-state index in [0.29, 0.717) is 24.6 Å². The molecule has 2 amide bonds.